The first-order valence-electron chi connectivity index (χ1n) is 12.2. The van der Waals surface area contributed by atoms with Gasteiger partial charge in [-0.05, 0) is 58.5 Å². The third-order valence-corrected chi connectivity index (χ3v) is 12.4. The number of benzene rings is 2. The summed E-state index contributed by atoms with van der Waals surface area (Å²) in [5.41, 5.74) is 8.06. The van der Waals surface area contributed by atoms with Crippen LogP contribution in [0, 0.1) is 6.92 Å². The highest BCUT2D eigenvalue weighted by molar-refractivity contribution is 6.91. The smallest absolute Gasteiger partial charge is 0.200 e. The molecule has 0 amide bonds. The van der Waals surface area contributed by atoms with Crippen molar-refractivity contribution in [2.45, 2.75) is 84.4 Å². The first-order valence-corrected chi connectivity index (χ1v) is 15.3. The van der Waals surface area contributed by atoms with Crippen molar-refractivity contribution in [2.24, 2.45) is 7.05 Å². The van der Waals surface area contributed by atoms with Gasteiger partial charge in [0.1, 0.15) is 7.05 Å². The highest BCUT2D eigenvalue weighted by Crippen LogP contribution is 2.41. The van der Waals surface area contributed by atoms with Gasteiger partial charge in [-0.15, -0.1) is 0 Å². The van der Waals surface area contributed by atoms with Gasteiger partial charge in [0.05, 0.1) is 19.0 Å². The number of aromatic nitrogens is 1. The van der Waals surface area contributed by atoms with Crippen molar-refractivity contribution in [3.05, 3.63) is 59.3 Å². The number of rotatable bonds is 5. The Kier molecular flexibility index (Phi) is 5.89. The zero-order chi connectivity index (χ0) is 22.5. The minimum atomic E-state index is -1.39. The molecular formula is C29H40NSi+. The molecule has 1 aliphatic rings. The minimum Gasteiger partial charge on any atom is -0.200 e. The molecule has 0 spiro atoms. The summed E-state index contributed by atoms with van der Waals surface area (Å²) in [5, 5.41) is 4.40. The lowest BCUT2D eigenvalue weighted by atomic mass is 9.86. The molecule has 3 aromatic rings. The molecule has 0 bridgehead atoms. The van der Waals surface area contributed by atoms with E-state index < -0.39 is 8.07 Å². The summed E-state index contributed by atoms with van der Waals surface area (Å²) in [5.74, 6) is 1.05. The third-order valence-electron chi connectivity index (χ3n) is 8.02. The van der Waals surface area contributed by atoms with Gasteiger partial charge in [0.25, 0.3) is 0 Å². The molecule has 164 valence electrons. The fourth-order valence-corrected chi connectivity index (χ4v) is 8.78. The number of fused-ring (bicyclic) bond motifs is 1. The second kappa shape index (κ2) is 8.20. The van der Waals surface area contributed by atoms with Gasteiger partial charge in [-0.3, -0.25) is 0 Å². The van der Waals surface area contributed by atoms with Crippen LogP contribution in [0.5, 0.6) is 0 Å². The molecule has 1 aliphatic carbocycles. The summed E-state index contributed by atoms with van der Waals surface area (Å²) in [6.45, 7) is 16.7. The maximum absolute atomic E-state index is 2.58. The van der Waals surface area contributed by atoms with E-state index >= 15 is 0 Å². The van der Waals surface area contributed by atoms with Crippen molar-refractivity contribution in [2.75, 3.05) is 0 Å². The predicted molar refractivity (Wildman–Crippen MR) is 138 cm³/mol. The van der Waals surface area contributed by atoms with Crippen molar-refractivity contribution < 1.29 is 4.57 Å². The minimum absolute atomic E-state index is 0.526. The van der Waals surface area contributed by atoms with Crippen LogP contribution in [0.4, 0.5) is 0 Å². The maximum Gasteiger partial charge on any atom is 0.220 e. The van der Waals surface area contributed by atoms with Gasteiger partial charge in [-0.1, -0.05) is 83.4 Å². The Morgan fingerprint density at radius 3 is 2.23 bits per heavy atom. The summed E-state index contributed by atoms with van der Waals surface area (Å²) in [7, 11) is 0.812. The van der Waals surface area contributed by atoms with Crippen LogP contribution in [0.25, 0.3) is 22.0 Å². The van der Waals surface area contributed by atoms with E-state index in [0.29, 0.717) is 11.8 Å². The van der Waals surface area contributed by atoms with E-state index in [1.165, 1.54) is 58.0 Å². The van der Waals surface area contributed by atoms with E-state index in [2.05, 4.69) is 102 Å². The van der Waals surface area contributed by atoms with Crippen molar-refractivity contribution >= 4 is 24.0 Å². The number of pyridine rings is 1. The van der Waals surface area contributed by atoms with Gasteiger partial charge in [-0.2, -0.15) is 0 Å². The molecule has 2 heteroatoms. The molecule has 2 aromatic carbocycles. The van der Waals surface area contributed by atoms with E-state index in [1.54, 1.807) is 5.19 Å². The fraction of sp³-hybridized carbons (Fsp3) is 0.483. The Hall–Kier alpha value is -1.93. The summed E-state index contributed by atoms with van der Waals surface area (Å²) in [4.78, 5) is 0. The molecule has 1 saturated carbocycles. The quantitative estimate of drug-likeness (QED) is 0.294. The monoisotopic (exact) mass is 430 g/mol. The van der Waals surface area contributed by atoms with Crippen LogP contribution in [0.2, 0.25) is 18.6 Å². The molecular weight excluding hydrogens is 390 g/mol. The van der Waals surface area contributed by atoms with Gasteiger partial charge in [0, 0.05) is 6.07 Å². The Balaban J connectivity index is 1.93. The number of hydrogen-bond acceptors (Lipinski definition) is 0. The molecule has 0 atom stereocenters. The second-order valence-electron chi connectivity index (χ2n) is 11.0. The maximum atomic E-state index is 2.58. The third kappa shape index (κ3) is 3.88. The van der Waals surface area contributed by atoms with Crippen LogP contribution in [0.3, 0.4) is 0 Å². The highest BCUT2D eigenvalue weighted by Gasteiger charge is 2.37. The molecule has 0 radical (unpaired) electrons. The molecule has 1 heterocycles. The van der Waals surface area contributed by atoms with Gasteiger partial charge in [0.2, 0.25) is 5.69 Å². The Morgan fingerprint density at radius 1 is 0.935 bits per heavy atom. The number of hydrogen-bond donors (Lipinski definition) is 0. The normalized spacial score (nSPS) is 15.2. The Morgan fingerprint density at radius 2 is 1.65 bits per heavy atom. The van der Waals surface area contributed by atoms with Crippen LogP contribution >= 0.6 is 0 Å². The summed E-state index contributed by atoms with van der Waals surface area (Å²) in [6.07, 6.45) is 6.56. The van der Waals surface area contributed by atoms with Crippen molar-refractivity contribution in [3.63, 3.8) is 0 Å². The van der Waals surface area contributed by atoms with Crippen LogP contribution in [0.15, 0.2) is 42.6 Å². The molecule has 1 nitrogen and oxygen atoms in total. The van der Waals surface area contributed by atoms with E-state index in [4.69, 9.17) is 0 Å². The lowest BCUT2D eigenvalue weighted by Gasteiger charge is -2.39. The summed E-state index contributed by atoms with van der Waals surface area (Å²) >= 11 is 0. The first-order chi connectivity index (χ1) is 14.6. The predicted octanol–water partition coefficient (Wildman–Crippen LogP) is 7.36. The Labute approximate surface area is 190 Å². The van der Waals surface area contributed by atoms with Gasteiger partial charge >= 0.3 is 0 Å². The molecule has 4 rings (SSSR count). The molecule has 31 heavy (non-hydrogen) atoms. The van der Waals surface area contributed by atoms with Gasteiger partial charge in [-0.25, -0.2) is 4.57 Å². The number of nitrogens with zero attached hydrogens (tertiary/aromatic N) is 1. The number of aryl methyl sites for hydroxylation is 1. The average Bonchev–Trinajstić information content (AvgIpc) is 2.66. The molecule has 1 fully saturated rings. The van der Waals surface area contributed by atoms with Crippen LogP contribution in [-0.2, 0) is 7.05 Å². The summed E-state index contributed by atoms with van der Waals surface area (Å²) in [6, 6.07) is 14.6. The lowest BCUT2D eigenvalue weighted by Crippen LogP contribution is -2.48. The topological polar surface area (TPSA) is 3.88 Å². The van der Waals surface area contributed by atoms with E-state index in [0.717, 1.165) is 5.54 Å². The van der Waals surface area contributed by atoms with Crippen LogP contribution in [-0.4, -0.2) is 8.07 Å². The molecule has 0 saturated heterocycles. The van der Waals surface area contributed by atoms with Gasteiger partial charge < -0.3 is 0 Å². The Bertz CT molecular complexity index is 1120. The standard InChI is InChI=1S/C29H40NSi/c1-19(2)23-17-27(20(3)4)21(5)28(18-23)29-26-13-12-25(16-22(26)14-15-30(29)6)31(7,8)24-10-9-11-24/h12-20,24H,9-11H2,1-8H3/q+1. The van der Waals surface area contributed by atoms with Crippen LogP contribution < -0.4 is 9.75 Å². The van der Waals surface area contributed by atoms with Gasteiger partial charge in [0.15, 0.2) is 6.20 Å². The highest BCUT2D eigenvalue weighted by atomic mass is 28.3. The lowest BCUT2D eigenvalue weighted by molar-refractivity contribution is -0.659. The van der Waals surface area contributed by atoms with Crippen LogP contribution in [0.1, 0.15) is 75.5 Å². The average molecular weight is 431 g/mol. The van der Waals surface area contributed by atoms with E-state index in [9.17, 15) is 0 Å². The van der Waals surface area contributed by atoms with Crippen molar-refractivity contribution in [3.8, 4) is 11.3 Å². The largest absolute Gasteiger partial charge is 0.220 e. The summed E-state index contributed by atoms with van der Waals surface area (Å²) < 4.78 is 2.33. The zero-order valence-corrected chi connectivity index (χ0v) is 21.8. The SMILES string of the molecule is Cc1c(-c2c3ccc([Si](C)(C)C4CCC4)cc3cc[n+]2C)cc(C(C)C)cc1C(C)C. The molecule has 0 aliphatic heterocycles. The molecule has 0 unspecified atom stereocenters. The van der Waals surface area contributed by atoms with Crippen molar-refractivity contribution in [1.29, 1.82) is 0 Å². The van der Waals surface area contributed by atoms with E-state index in [1.807, 2.05) is 0 Å². The van der Waals surface area contributed by atoms with E-state index in [-0.39, 0.29) is 0 Å². The zero-order valence-electron chi connectivity index (χ0n) is 20.8. The fourth-order valence-electron chi connectivity index (χ4n) is 5.41. The second-order valence-corrected chi connectivity index (χ2v) is 15.9. The van der Waals surface area contributed by atoms with Crippen molar-refractivity contribution in [1.82, 2.24) is 0 Å². The molecule has 1 aromatic heterocycles. The molecule has 0 N–H and O–H groups in total. The first kappa shape index (κ1) is 22.3.